The van der Waals surface area contributed by atoms with Crippen LogP contribution in [0.25, 0.3) is 11.3 Å². The normalized spacial score (nSPS) is 21.5. The Kier molecular flexibility index (Phi) is 7.12. The highest BCUT2D eigenvalue weighted by molar-refractivity contribution is 5.73. The molecule has 0 bridgehead atoms. The molecular weight excluding hydrogens is 423 g/mol. The smallest absolute Gasteiger partial charge is 0.309 e. The molecule has 8 heteroatoms. The molecule has 0 radical (unpaired) electrons. The topological polar surface area (TPSA) is 76.6 Å². The predicted molar refractivity (Wildman–Crippen MR) is 126 cm³/mol. The van der Waals surface area contributed by atoms with Crippen LogP contribution in [-0.2, 0) is 14.3 Å². The third-order valence-corrected chi connectivity index (χ3v) is 6.04. The van der Waals surface area contributed by atoms with Crippen LogP contribution in [0.15, 0.2) is 30.5 Å². The number of nitrogens with one attached hydrogen (secondary N) is 1. The van der Waals surface area contributed by atoms with Crippen molar-refractivity contribution in [3.05, 3.63) is 36.3 Å². The molecule has 1 aliphatic heterocycles. The van der Waals surface area contributed by atoms with Crippen LogP contribution in [0.1, 0.15) is 46.5 Å². The van der Waals surface area contributed by atoms with E-state index in [0.717, 1.165) is 50.0 Å². The molecule has 0 spiro atoms. The van der Waals surface area contributed by atoms with E-state index in [2.05, 4.69) is 20.2 Å². The molecule has 1 N–H and O–H groups in total. The maximum Gasteiger partial charge on any atom is 0.309 e. The molecule has 178 valence electrons. The van der Waals surface area contributed by atoms with Crippen molar-refractivity contribution in [2.75, 3.05) is 36.5 Å². The molecule has 1 aromatic carbocycles. The van der Waals surface area contributed by atoms with Crippen LogP contribution in [-0.4, -0.2) is 53.9 Å². The van der Waals surface area contributed by atoms with Gasteiger partial charge in [-0.25, -0.2) is 14.4 Å². The number of rotatable bonds is 5. The summed E-state index contributed by atoms with van der Waals surface area (Å²) in [6, 6.07) is 7.92. The van der Waals surface area contributed by atoms with Gasteiger partial charge in [-0.2, -0.15) is 0 Å². The first-order chi connectivity index (χ1) is 15.8. The van der Waals surface area contributed by atoms with Gasteiger partial charge < -0.3 is 19.7 Å². The van der Waals surface area contributed by atoms with Gasteiger partial charge in [-0.1, -0.05) is 12.1 Å². The molecule has 0 unspecified atom stereocenters. The summed E-state index contributed by atoms with van der Waals surface area (Å²) in [7, 11) is 0. The summed E-state index contributed by atoms with van der Waals surface area (Å²) in [6.07, 6.45) is 4.35. The molecule has 1 saturated carbocycles. The van der Waals surface area contributed by atoms with Crippen LogP contribution >= 0.6 is 0 Å². The number of ether oxygens (including phenoxy) is 2. The third kappa shape index (κ3) is 6.19. The third-order valence-electron chi connectivity index (χ3n) is 6.04. The summed E-state index contributed by atoms with van der Waals surface area (Å²) < 4.78 is 25.6. The Bertz CT molecular complexity index is 964. The highest BCUT2D eigenvalue weighted by atomic mass is 19.1. The van der Waals surface area contributed by atoms with Gasteiger partial charge >= 0.3 is 5.97 Å². The molecule has 2 aliphatic rings. The molecule has 0 amide bonds. The van der Waals surface area contributed by atoms with Gasteiger partial charge in [0.1, 0.15) is 11.3 Å². The lowest BCUT2D eigenvalue weighted by Crippen LogP contribution is -2.36. The number of esters is 1. The van der Waals surface area contributed by atoms with Gasteiger partial charge in [0.05, 0.1) is 25.3 Å². The van der Waals surface area contributed by atoms with Gasteiger partial charge in [0.2, 0.25) is 5.95 Å². The molecule has 2 aromatic rings. The Balaban J connectivity index is 1.41. The van der Waals surface area contributed by atoms with Crippen LogP contribution in [0, 0.1) is 11.7 Å². The van der Waals surface area contributed by atoms with E-state index in [-0.39, 0.29) is 23.6 Å². The van der Waals surface area contributed by atoms with E-state index in [1.807, 2.05) is 45.0 Å². The van der Waals surface area contributed by atoms with E-state index in [4.69, 9.17) is 9.47 Å². The van der Waals surface area contributed by atoms with Gasteiger partial charge in [-0.05, 0) is 58.6 Å². The van der Waals surface area contributed by atoms with Crippen molar-refractivity contribution in [2.45, 2.75) is 58.1 Å². The number of carbonyl (C=O) groups excluding carboxylic acids is 1. The van der Waals surface area contributed by atoms with Crippen LogP contribution in [0.3, 0.4) is 0 Å². The van der Waals surface area contributed by atoms with Crippen molar-refractivity contribution < 1.29 is 18.7 Å². The van der Waals surface area contributed by atoms with E-state index in [9.17, 15) is 9.18 Å². The Hall–Kier alpha value is -2.74. The fourth-order valence-corrected chi connectivity index (χ4v) is 4.35. The van der Waals surface area contributed by atoms with Gasteiger partial charge in [0.15, 0.2) is 5.82 Å². The van der Waals surface area contributed by atoms with Gasteiger partial charge in [0, 0.05) is 30.4 Å². The largest absolute Gasteiger partial charge is 0.460 e. The van der Waals surface area contributed by atoms with Crippen molar-refractivity contribution >= 4 is 17.6 Å². The van der Waals surface area contributed by atoms with E-state index >= 15 is 0 Å². The van der Waals surface area contributed by atoms with E-state index < -0.39 is 11.4 Å². The van der Waals surface area contributed by atoms with Crippen LogP contribution in [0.4, 0.5) is 16.0 Å². The monoisotopic (exact) mass is 456 g/mol. The number of halogens is 1. The molecule has 33 heavy (non-hydrogen) atoms. The van der Waals surface area contributed by atoms with Gasteiger partial charge in [-0.15, -0.1) is 0 Å². The molecule has 1 aromatic heterocycles. The first-order valence-corrected chi connectivity index (χ1v) is 11.7. The number of carbonyl (C=O) groups is 1. The number of hydrogen-bond donors (Lipinski definition) is 1. The zero-order valence-corrected chi connectivity index (χ0v) is 19.6. The molecule has 1 aliphatic carbocycles. The predicted octanol–water partition coefficient (Wildman–Crippen LogP) is 4.43. The maximum absolute atomic E-state index is 14.6. The van der Waals surface area contributed by atoms with Crippen molar-refractivity contribution in [1.29, 1.82) is 0 Å². The molecule has 0 atom stereocenters. The standard InChI is InChI=1S/C25H33FN4O3/c1-25(2,3)33-23(31)17-7-9-19(10-8-17)28-24-27-16-21(26)22(29-24)18-5-4-6-20(15-18)30-11-13-32-14-12-30/h4-6,15-17,19H,7-14H2,1-3H3,(H,27,28,29). The molecular formula is C25H33FN4O3. The second-order valence-corrected chi connectivity index (χ2v) is 9.77. The summed E-state index contributed by atoms with van der Waals surface area (Å²) in [6.45, 7) is 8.67. The zero-order chi connectivity index (χ0) is 23.4. The van der Waals surface area contributed by atoms with E-state index in [1.54, 1.807) is 0 Å². The summed E-state index contributed by atoms with van der Waals surface area (Å²) in [5.74, 6) is -0.242. The average Bonchev–Trinajstić information content (AvgIpc) is 2.80. The number of nitrogens with zero attached hydrogens (tertiary/aromatic N) is 3. The van der Waals surface area contributed by atoms with Crippen LogP contribution < -0.4 is 10.2 Å². The first-order valence-electron chi connectivity index (χ1n) is 11.7. The second kappa shape index (κ2) is 10.0. The summed E-state index contributed by atoms with van der Waals surface area (Å²) in [4.78, 5) is 23.2. The minimum absolute atomic E-state index is 0.0742. The number of aromatic nitrogens is 2. The molecule has 1 saturated heterocycles. The Labute approximate surface area is 194 Å². The fraction of sp³-hybridized carbons (Fsp3) is 0.560. The van der Waals surface area contributed by atoms with Gasteiger partial charge in [0.25, 0.3) is 0 Å². The Morgan fingerprint density at radius 3 is 2.61 bits per heavy atom. The van der Waals surface area contributed by atoms with Crippen molar-refractivity contribution in [1.82, 2.24) is 9.97 Å². The van der Waals surface area contributed by atoms with Crippen molar-refractivity contribution in [2.24, 2.45) is 5.92 Å². The number of benzene rings is 1. The summed E-state index contributed by atoms with van der Waals surface area (Å²) in [5.41, 5.74) is 1.56. The lowest BCUT2D eigenvalue weighted by Gasteiger charge is -2.30. The lowest BCUT2D eigenvalue weighted by atomic mass is 9.86. The average molecular weight is 457 g/mol. The number of anilines is 2. The molecule has 4 rings (SSSR count). The summed E-state index contributed by atoms with van der Waals surface area (Å²) in [5, 5.41) is 3.34. The van der Waals surface area contributed by atoms with E-state index in [1.165, 1.54) is 6.20 Å². The Morgan fingerprint density at radius 2 is 1.91 bits per heavy atom. The highest BCUT2D eigenvalue weighted by Crippen LogP contribution is 2.30. The quantitative estimate of drug-likeness (QED) is 0.667. The second-order valence-electron chi connectivity index (χ2n) is 9.77. The lowest BCUT2D eigenvalue weighted by molar-refractivity contribution is -0.161. The van der Waals surface area contributed by atoms with Crippen LogP contribution in [0.2, 0.25) is 0 Å². The molecule has 2 heterocycles. The van der Waals surface area contributed by atoms with Crippen molar-refractivity contribution in [3.8, 4) is 11.3 Å². The highest BCUT2D eigenvalue weighted by Gasteiger charge is 2.30. The first kappa shape index (κ1) is 23.4. The number of morpholine rings is 1. The molecule has 7 nitrogen and oxygen atoms in total. The fourth-order valence-electron chi connectivity index (χ4n) is 4.35. The summed E-state index contributed by atoms with van der Waals surface area (Å²) >= 11 is 0. The van der Waals surface area contributed by atoms with Crippen LogP contribution in [0.5, 0.6) is 0 Å². The van der Waals surface area contributed by atoms with Gasteiger partial charge in [-0.3, -0.25) is 4.79 Å². The Morgan fingerprint density at radius 1 is 1.18 bits per heavy atom. The minimum atomic E-state index is -0.469. The van der Waals surface area contributed by atoms with Crippen molar-refractivity contribution in [3.63, 3.8) is 0 Å². The maximum atomic E-state index is 14.6. The van der Waals surface area contributed by atoms with E-state index in [0.29, 0.717) is 19.2 Å². The molecule has 2 fully saturated rings. The zero-order valence-electron chi connectivity index (χ0n) is 19.6. The SMILES string of the molecule is CC(C)(C)OC(=O)C1CCC(Nc2ncc(F)c(-c3cccc(N4CCOCC4)c3)n2)CC1. The minimum Gasteiger partial charge on any atom is -0.460 e. The number of hydrogen-bond acceptors (Lipinski definition) is 7.